The number of nitrogens with two attached hydrogens (primary N) is 1. The summed E-state index contributed by atoms with van der Waals surface area (Å²) in [5.41, 5.74) is 6.29. The van der Waals surface area contributed by atoms with Gasteiger partial charge < -0.3 is 20.7 Å². The van der Waals surface area contributed by atoms with Crippen molar-refractivity contribution < 1.29 is 27.5 Å². The Bertz CT molecular complexity index is 1040. The molecule has 0 bridgehead atoms. The first-order valence-electron chi connectivity index (χ1n) is 9.81. The van der Waals surface area contributed by atoms with Gasteiger partial charge in [-0.3, -0.25) is 9.59 Å². The molecule has 1 atom stereocenters. The van der Waals surface area contributed by atoms with E-state index in [0.29, 0.717) is 29.2 Å². The molecule has 7 nitrogen and oxygen atoms in total. The van der Waals surface area contributed by atoms with Crippen LogP contribution in [0.1, 0.15) is 35.6 Å². The number of aryl methyl sites for hydroxylation is 1. The van der Waals surface area contributed by atoms with Gasteiger partial charge in [-0.25, -0.2) is 4.98 Å². The van der Waals surface area contributed by atoms with Crippen molar-refractivity contribution in [1.29, 1.82) is 0 Å². The number of aromatic nitrogens is 1. The molecule has 0 radical (unpaired) electrons. The molecule has 1 aromatic carbocycles. The number of nitrogens with zero attached hydrogens (tertiary/aromatic N) is 2. The lowest BCUT2D eigenvalue weighted by Gasteiger charge is -2.28. The first-order valence-corrected chi connectivity index (χ1v) is 9.81. The maximum atomic E-state index is 13.0. The Kier molecular flexibility index (Phi) is 5.24. The molecule has 4 rings (SSSR count). The summed E-state index contributed by atoms with van der Waals surface area (Å²) in [6.45, 7) is 2.05. The Morgan fingerprint density at radius 1 is 1.29 bits per heavy atom. The van der Waals surface area contributed by atoms with E-state index in [9.17, 15) is 22.8 Å². The van der Waals surface area contributed by atoms with Crippen LogP contribution in [-0.2, 0) is 15.8 Å². The summed E-state index contributed by atoms with van der Waals surface area (Å²) < 4.78 is 44.5. The van der Waals surface area contributed by atoms with Gasteiger partial charge in [-0.05, 0) is 49.4 Å². The van der Waals surface area contributed by atoms with E-state index in [1.807, 2.05) is 0 Å². The number of anilines is 2. The number of hydrogen-bond acceptors (Lipinski definition) is 5. The van der Waals surface area contributed by atoms with Crippen LogP contribution in [0.25, 0.3) is 0 Å². The lowest BCUT2D eigenvalue weighted by molar-refractivity contribution is -0.145. The Morgan fingerprint density at radius 2 is 2.03 bits per heavy atom. The third-order valence-corrected chi connectivity index (χ3v) is 5.46. The smallest absolute Gasteiger partial charge is 0.416 e. The zero-order chi connectivity index (χ0) is 22.3. The van der Waals surface area contributed by atoms with Gasteiger partial charge in [-0.1, -0.05) is 6.07 Å². The number of carbonyl (C=O) groups is 2. The van der Waals surface area contributed by atoms with Crippen molar-refractivity contribution in [3.63, 3.8) is 0 Å². The molecule has 1 aliphatic carbocycles. The molecule has 164 valence electrons. The van der Waals surface area contributed by atoms with Crippen LogP contribution in [0.3, 0.4) is 0 Å². The topological polar surface area (TPSA) is 97.5 Å². The molecule has 31 heavy (non-hydrogen) atoms. The monoisotopic (exact) mass is 434 g/mol. The predicted molar refractivity (Wildman–Crippen MR) is 106 cm³/mol. The Labute approximate surface area is 176 Å². The van der Waals surface area contributed by atoms with Gasteiger partial charge in [0.2, 0.25) is 0 Å². The molecule has 1 fully saturated rings. The second-order valence-corrected chi connectivity index (χ2v) is 7.86. The number of halogens is 3. The Morgan fingerprint density at radius 3 is 2.68 bits per heavy atom. The lowest BCUT2D eigenvalue weighted by atomic mass is 10.0. The minimum atomic E-state index is -4.49. The average Bonchev–Trinajstić information content (AvgIpc) is 3.44. The molecule has 1 unspecified atom stereocenters. The number of carbonyl (C=O) groups excluding carboxylic acids is 2. The molecular weight excluding hydrogens is 413 g/mol. The zero-order valence-electron chi connectivity index (χ0n) is 16.7. The third-order valence-electron chi connectivity index (χ3n) is 5.46. The van der Waals surface area contributed by atoms with Crippen molar-refractivity contribution in [2.45, 2.75) is 32.0 Å². The number of alkyl halides is 3. The van der Waals surface area contributed by atoms with Crippen LogP contribution in [0.4, 0.5) is 24.7 Å². The van der Waals surface area contributed by atoms with E-state index in [4.69, 9.17) is 10.5 Å². The van der Waals surface area contributed by atoms with Gasteiger partial charge in [-0.2, -0.15) is 13.2 Å². The highest BCUT2D eigenvalue weighted by atomic mass is 19.4. The SMILES string of the molecule is Cc1cc(NC(=O)C(=O)N(CC2CC2)C2COc3cc(C(F)(F)F)ccc32)cnc1N. The molecule has 1 aromatic heterocycles. The molecule has 10 heteroatoms. The fourth-order valence-electron chi connectivity index (χ4n) is 3.53. The van der Waals surface area contributed by atoms with E-state index in [0.717, 1.165) is 25.0 Å². The van der Waals surface area contributed by atoms with Gasteiger partial charge in [0, 0.05) is 12.1 Å². The fraction of sp³-hybridized carbons (Fsp3) is 0.381. The molecular formula is C21H21F3N4O3. The van der Waals surface area contributed by atoms with Crippen molar-refractivity contribution in [1.82, 2.24) is 9.88 Å². The molecule has 2 amide bonds. The van der Waals surface area contributed by atoms with Crippen LogP contribution in [-0.4, -0.2) is 34.8 Å². The molecule has 2 heterocycles. The zero-order valence-corrected chi connectivity index (χ0v) is 16.7. The molecule has 2 aliphatic rings. The average molecular weight is 434 g/mol. The minimum absolute atomic E-state index is 0.00901. The van der Waals surface area contributed by atoms with Crippen molar-refractivity contribution in [3.05, 3.63) is 47.2 Å². The Hall–Kier alpha value is -3.30. The van der Waals surface area contributed by atoms with Crippen LogP contribution in [0.5, 0.6) is 5.75 Å². The number of pyridine rings is 1. The standard InChI is InChI=1S/C21H21F3N4O3/c1-11-6-14(8-26-18(11)25)27-19(29)20(30)28(9-12-2-3-12)16-10-31-17-7-13(21(22,23)24)4-5-15(16)17/h4-8,12,16H,2-3,9-10H2,1H3,(H2,25,26)(H,27,29). The van der Waals surface area contributed by atoms with Crippen LogP contribution >= 0.6 is 0 Å². The maximum Gasteiger partial charge on any atom is 0.416 e. The van der Waals surface area contributed by atoms with Gasteiger partial charge in [-0.15, -0.1) is 0 Å². The molecule has 1 aliphatic heterocycles. The number of nitrogen functional groups attached to an aromatic ring is 1. The summed E-state index contributed by atoms with van der Waals surface area (Å²) in [5.74, 6) is -0.977. The summed E-state index contributed by atoms with van der Waals surface area (Å²) >= 11 is 0. The number of ether oxygens (including phenoxy) is 1. The largest absolute Gasteiger partial charge is 0.491 e. The van der Waals surface area contributed by atoms with Crippen molar-refractivity contribution in [3.8, 4) is 5.75 Å². The second kappa shape index (κ2) is 7.75. The lowest BCUT2D eigenvalue weighted by Crippen LogP contribution is -2.43. The van der Waals surface area contributed by atoms with Crippen molar-refractivity contribution in [2.24, 2.45) is 5.92 Å². The van der Waals surface area contributed by atoms with E-state index in [2.05, 4.69) is 10.3 Å². The van der Waals surface area contributed by atoms with E-state index >= 15 is 0 Å². The number of hydrogen-bond donors (Lipinski definition) is 2. The normalized spacial score (nSPS) is 17.6. The minimum Gasteiger partial charge on any atom is -0.491 e. The molecule has 3 N–H and O–H groups in total. The number of amides is 2. The van der Waals surface area contributed by atoms with Crippen LogP contribution in [0.2, 0.25) is 0 Å². The summed E-state index contributed by atoms with van der Waals surface area (Å²) in [7, 11) is 0. The van der Waals surface area contributed by atoms with Gasteiger partial charge in [0.1, 0.15) is 18.2 Å². The van der Waals surface area contributed by atoms with Crippen molar-refractivity contribution in [2.75, 3.05) is 24.2 Å². The third kappa shape index (κ3) is 4.42. The quantitative estimate of drug-likeness (QED) is 0.720. The van der Waals surface area contributed by atoms with E-state index < -0.39 is 29.6 Å². The predicted octanol–water partition coefficient (Wildman–Crippen LogP) is 3.30. The van der Waals surface area contributed by atoms with Gasteiger partial charge >= 0.3 is 18.0 Å². The highest BCUT2D eigenvalue weighted by molar-refractivity contribution is 6.39. The summed E-state index contributed by atoms with van der Waals surface area (Å²) in [6, 6.07) is 4.17. The summed E-state index contributed by atoms with van der Waals surface area (Å²) in [5, 5.41) is 2.52. The number of nitrogens with one attached hydrogen (secondary N) is 1. The highest BCUT2D eigenvalue weighted by Gasteiger charge is 2.40. The first kappa shape index (κ1) is 21.0. The molecule has 0 spiro atoms. The maximum absolute atomic E-state index is 13.0. The molecule has 0 saturated heterocycles. The molecule has 1 saturated carbocycles. The molecule has 2 aromatic rings. The summed E-state index contributed by atoms with van der Waals surface area (Å²) in [6.07, 6.45) is -1.28. The van der Waals surface area contributed by atoms with E-state index in [1.165, 1.54) is 17.2 Å². The fourth-order valence-corrected chi connectivity index (χ4v) is 3.53. The van der Waals surface area contributed by atoms with Gasteiger partial charge in [0.15, 0.2) is 0 Å². The van der Waals surface area contributed by atoms with Crippen LogP contribution < -0.4 is 15.8 Å². The van der Waals surface area contributed by atoms with Crippen LogP contribution in [0, 0.1) is 12.8 Å². The first-order chi connectivity index (χ1) is 14.6. The van der Waals surface area contributed by atoms with Crippen LogP contribution in [0.15, 0.2) is 30.5 Å². The Balaban J connectivity index is 1.56. The number of rotatable bonds is 4. The second-order valence-electron chi connectivity index (χ2n) is 7.86. The van der Waals surface area contributed by atoms with E-state index in [1.54, 1.807) is 13.0 Å². The van der Waals surface area contributed by atoms with E-state index in [-0.39, 0.29) is 18.3 Å². The van der Waals surface area contributed by atoms with Crippen molar-refractivity contribution >= 4 is 23.3 Å². The van der Waals surface area contributed by atoms with Gasteiger partial charge in [0.25, 0.3) is 0 Å². The number of benzene rings is 1. The summed E-state index contributed by atoms with van der Waals surface area (Å²) in [4.78, 5) is 31.0. The number of fused-ring (bicyclic) bond motifs is 1. The highest BCUT2D eigenvalue weighted by Crippen LogP contribution is 2.42. The van der Waals surface area contributed by atoms with Gasteiger partial charge in [0.05, 0.1) is 23.5 Å².